The van der Waals surface area contributed by atoms with Crippen molar-refractivity contribution in [2.24, 2.45) is 0 Å². The predicted octanol–water partition coefficient (Wildman–Crippen LogP) is 10.7. The van der Waals surface area contributed by atoms with Crippen LogP contribution in [-0.4, -0.2) is 4.57 Å². The largest absolute Gasteiger partial charge is 0.309 e. The highest BCUT2D eigenvalue weighted by atomic mass is 15.0. The molecule has 0 bridgehead atoms. The van der Waals surface area contributed by atoms with Crippen LogP contribution in [0.1, 0.15) is 61.8 Å². The number of fused-ring (bicyclic) bond motifs is 6. The Morgan fingerprint density at radius 2 is 1.15 bits per heavy atom. The second-order valence-corrected chi connectivity index (χ2v) is 11.5. The summed E-state index contributed by atoms with van der Waals surface area (Å²) in [6.07, 6.45) is 8.26. The molecule has 1 aromatic heterocycles. The number of hydrogen-bond donors (Lipinski definition) is 0. The average molecular weight is 520 g/mol. The van der Waals surface area contributed by atoms with Crippen LogP contribution in [-0.2, 0) is 19.3 Å². The molecule has 1 heteroatoms. The van der Waals surface area contributed by atoms with Gasteiger partial charge in [0, 0.05) is 16.5 Å². The van der Waals surface area contributed by atoms with Gasteiger partial charge in [-0.05, 0) is 119 Å². The first kappa shape index (κ1) is 24.9. The number of aryl methyl sites for hydroxylation is 2. The van der Waals surface area contributed by atoms with Crippen LogP contribution in [0.15, 0.2) is 103 Å². The molecule has 40 heavy (non-hydrogen) atoms. The fourth-order valence-corrected chi connectivity index (χ4v) is 6.57. The normalized spacial score (nSPS) is 12.2. The van der Waals surface area contributed by atoms with Gasteiger partial charge in [0.1, 0.15) is 0 Å². The van der Waals surface area contributed by atoms with E-state index in [1.54, 1.807) is 0 Å². The molecule has 0 amide bonds. The molecule has 0 fully saturated rings. The van der Waals surface area contributed by atoms with Crippen molar-refractivity contribution in [3.05, 3.63) is 125 Å². The van der Waals surface area contributed by atoms with Crippen molar-refractivity contribution in [3.8, 4) is 27.9 Å². The van der Waals surface area contributed by atoms with Gasteiger partial charge in [0.25, 0.3) is 0 Å². The SMILES string of the molecule is CCCCc1ccc2c(c1)c1cc(CCCC)ccc1n2-c1ccc(-c2ccc3c(c2)-c2ccccc2C3)cc1. The van der Waals surface area contributed by atoms with Crippen LogP contribution < -0.4 is 0 Å². The molecular formula is C39H37N. The molecule has 0 atom stereocenters. The molecule has 7 rings (SSSR count). The van der Waals surface area contributed by atoms with Gasteiger partial charge in [-0.3, -0.25) is 0 Å². The molecule has 0 saturated carbocycles. The van der Waals surface area contributed by atoms with Crippen LogP contribution in [0.2, 0.25) is 0 Å². The highest BCUT2D eigenvalue weighted by Gasteiger charge is 2.19. The van der Waals surface area contributed by atoms with Gasteiger partial charge in [-0.25, -0.2) is 0 Å². The predicted molar refractivity (Wildman–Crippen MR) is 172 cm³/mol. The molecule has 0 N–H and O–H groups in total. The third kappa shape index (κ3) is 4.34. The van der Waals surface area contributed by atoms with E-state index in [2.05, 4.69) is 122 Å². The van der Waals surface area contributed by atoms with Crippen LogP contribution >= 0.6 is 0 Å². The number of benzene rings is 5. The number of rotatable bonds is 8. The summed E-state index contributed by atoms with van der Waals surface area (Å²) in [6, 6.07) is 39.2. The molecule has 0 saturated heterocycles. The topological polar surface area (TPSA) is 4.93 Å². The first-order valence-corrected chi connectivity index (χ1v) is 15.1. The Kier molecular flexibility index (Phi) is 6.52. The van der Waals surface area contributed by atoms with Crippen LogP contribution in [0.3, 0.4) is 0 Å². The molecule has 6 aromatic rings. The van der Waals surface area contributed by atoms with Crippen LogP contribution in [0, 0.1) is 0 Å². The van der Waals surface area contributed by atoms with E-state index in [-0.39, 0.29) is 0 Å². The maximum atomic E-state index is 2.46. The van der Waals surface area contributed by atoms with E-state index in [1.165, 1.54) is 97.7 Å². The van der Waals surface area contributed by atoms with Gasteiger partial charge in [0.2, 0.25) is 0 Å². The molecule has 5 aromatic carbocycles. The Balaban J connectivity index is 1.30. The van der Waals surface area contributed by atoms with Crippen molar-refractivity contribution in [1.82, 2.24) is 4.57 Å². The monoisotopic (exact) mass is 519 g/mol. The summed E-state index contributed by atoms with van der Waals surface area (Å²) in [5, 5.41) is 2.76. The molecule has 0 radical (unpaired) electrons. The lowest BCUT2D eigenvalue weighted by molar-refractivity contribution is 0.795. The molecule has 1 aliphatic carbocycles. The van der Waals surface area contributed by atoms with Crippen LogP contribution in [0.25, 0.3) is 49.7 Å². The second-order valence-electron chi connectivity index (χ2n) is 11.5. The standard InChI is InChI=1S/C39H37N/c1-3-5-9-27-13-21-38-36(23-27)37-24-28(10-6-4-2)14-22-39(37)40(38)33-19-17-29(18-20-33)30-15-16-32-25-31-11-7-8-12-34(31)35(32)26-30/h7-8,11-24,26H,3-6,9-10,25H2,1-2H3. The number of unbranched alkanes of at least 4 members (excludes halogenated alkanes) is 2. The van der Waals surface area contributed by atoms with Crippen molar-refractivity contribution in [2.45, 2.75) is 58.8 Å². The van der Waals surface area contributed by atoms with E-state index in [4.69, 9.17) is 0 Å². The lowest BCUT2D eigenvalue weighted by Crippen LogP contribution is -1.94. The zero-order chi connectivity index (χ0) is 27.1. The van der Waals surface area contributed by atoms with Gasteiger partial charge >= 0.3 is 0 Å². The molecule has 1 aliphatic rings. The average Bonchev–Trinajstić information content (AvgIpc) is 3.53. The van der Waals surface area contributed by atoms with E-state index < -0.39 is 0 Å². The van der Waals surface area contributed by atoms with Crippen LogP contribution in [0.4, 0.5) is 0 Å². The highest BCUT2D eigenvalue weighted by molar-refractivity contribution is 6.09. The number of aromatic nitrogens is 1. The Morgan fingerprint density at radius 3 is 1.80 bits per heavy atom. The minimum atomic E-state index is 1.04. The summed E-state index contributed by atoms with van der Waals surface area (Å²) in [4.78, 5) is 0. The highest BCUT2D eigenvalue weighted by Crippen LogP contribution is 2.39. The molecule has 198 valence electrons. The Bertz CT molecular complexity index is 1770. The van der Waals surface area contributed by atoms with Crippen molar-refractivity contribution < 1.29 is 0 Å². The summed E-state index contributed by atoms with van der Waals surface area (Å²) in [5.74, 6) is 0. The Morgan fingerprint density at radius 1 is 0.550 bits per heavy atom. The molecule has 1 heterocycles. The number of nitrogens with zero attached hydrogens (tertiary/aromatic N) is 1. The molecule has 0 aliphatic heterocycles. The third-order valence-corrected chi connectivity index (χ3v) is 8.79. The summed E-state index contributed by atoms with van der Waals surface area (Å²) >= 11 is 0. The second kappa shape index (κ2) is 10.5. The minimum Gasteiger partial charge on any atom is -0.309 e. The maximum absolute atomic E-state index is 2.46. The van der Waals surface area contributed by atoms with Gasteiger partial charge in [-0.1, -0.05) is 87.4 Å². The van der Waals surface area contributed by atoms with Gasteiger partial charge in [0.05, 0.1) is 11.0 Å². The van der Waals surface area contributed by atoms with E-state index in [1.807, 2.05) is 0 Å². The van der Waals surface area contributed by atoms with Gasteiger partial charge in [0.15, 0.2) is 0 Å². The summed E-state index contributed by atoms with van der Waals surface area (Å²) in [5.41, 5.74) is 14.9. The fourth-order valence-electron chi connectivity index (χ4n) is 6.57. The zero-order valence-electron chi connectivity index (χ0n) is 23.7. The van der Waals surface area contributed by atoms with E-state index >= 15 is 0 Å². The van der Waals surface area contributed by atoms with Crippen molar-refractivity contribution >= 4 is 21.8 Å². The fraction of sp³-hybridized carbons (Fsp3) is 0.231. The first-order chi connectivity index (χ1) is 19.7. The van der Waals surface area contributed by atoms with Crippen molar-refractivity contribution in [1.29, 1.82) is 0 Å². The summed E-state index contributed by atoms with van der Waals surface area (Å²) in [6.45, 7) is 4.55. The van der Waals surface area contributed by atoms with Crippen LogP contribution in [0.5, 0.6) is 0 Å². The minimum absolute atomic E-state index is 1.04. The molecule has 1 nitrogen and oxygen atoms in total. The zero-order valence-corrected chi connectivity index (χ0v) is 23.7. The third-order valence-electron chi connectivity index (χ3n) is 8.79. The van der Waals surface area contributed by atoms with Gasteiger partial charge < -0.3 is 4.57 Å². The maximum Gasteiger partial charge on any atom is 0.0541 e. The quantitative estimate of drug-likeness (QED) is 0.188. The summed E-state index contributed by atoms with van der Waals surface area (Å²) in [7, 11) is 0. The summed E-state index contributed by atoms with van der Waals surface area (Å²) < 4.78 is 2.46. The number of hydrogen-bond acceptors (Lipinski definition) is 0. The van der Waals surface area contributed by atoms with E-state index in [9.17, 15) is 0 Å². The van der Waals surface area contributed by atoms with Crippen molar-refractivity contribution in [3.63, 3.8) is 0 Å². The lowest BCUT2D eigenvalue weighted by atomic mass is 9.98. The lowest BCUT2D eigenvalue weighted by Gasteiger charge is -2.11. The molecule has 0 spiro atoms. The first-order valence-electron chi connectivity index (χ1n) is 15.1. The Labute approximate surface area is 238 Å². The Hall–Kier alpha value is -4.10. The molecular weight excluding hydrogens is 482 g/mol. The van der Waals surface area contributed by atoms with E-state index in [0.29, 0.717) is 0 Å². The van der Waals surface area contributed by atoms with Crippen molar-refractivity contribution in [2.75, 3.05) is 0 Å². The van der Waals surface area contributed by atoms with Gasteiger partial charge in [-0.15, -0.1) is 0 Å². The smallest absolute Gasteiger partial charge is 0.0541 e. The molecule has 0 unspecified atom stereocenters. The van der Waals surface area contributed by atoms with E-state index in [0.717, 1.165) is 19.3 Å². The van der Waals surface area contributed by atoms with Gasteiger partial charge in [-0.2, -0.15) is 0 Å².